The molecule has 0 spiro atoms. The molecule has 1 aliphatic rings. The summed E-state index contributed by atoms with van der Waals surface area (Å²) in [4.78, 5) is 18.0. The molecule has 0 unspecified atom stereocenters. The maximum Gasteiger partial charge on any atom is 0.264 e. The lowest BCUT2D eigenvalue weighted by molar-refractivity contribution is 0.0633. The molecule has 0 saturated carbocycles. The lowest BCUT2D eigenvalue weighted by atomic mass is 10.2. The topological polar surface area (TPSA) is 32.8 Å². The number of carbonyl (C=O) groups excluding carboxylic acids is 1. The van der Waals surface area contributed by atoms with Crippen LogP contribution in [0.2, 0.25) is 10.0 Å². The van der Waals surface area contributed by atoms with E-state index in [0.717, 1.165) is 53.8 Å². The molecule has 31 heavy (non-hydrogen) atoms. The summed E-state index contributed by atoms with van der Waals surface area (Å²) in [5, 5.41) is 3.33. The molecule has 4 rings (SSSR count). The first-order valence-electron chi connectivity index (χ1n) is 10.2. The Bertz CT molecular complexity index is 1060. The lowest BCUT2D eigenvalue weighted by Crippen LogP contribution is -2.48. The van der Waals surface area contributed by atoms with E-state index in [0.29, 0.717) is 17.4 Å². The standard InChI is InChI=1S/C24H24Cl2N2O2S/c1-17-5-6-21(26)22(11-17)30-15-19-13-23(31-16-19)24(29)28-9-7-27(8-10-28)14-18-3-2-4-20(25)12-18/h2-6,11-13,16H,7-10,14-15H2,1H3. The Morgan fingerprint density at radius 1 is 1.03 bits per heavy atom. The van der Waals surface area contributed by atoms with E-state index in [9.17, 15) is 4.79 Å². The fourth-order valence-corrected chi connectivity index (χ4v) is 4.85. The van der Waals surface area contributed by atoms with Crippen LogP contribution in [0.3, 0.4) is 0 Å². The molecule has 162 valence electrons. The van der Waals surface area contributed by atoms with Crippen LogP contribution in [-0.4, -0.2) is 41.9 Å². The Morgan fingerprint density at radius 3 is 2.61 bits per heavy atom. The van der Waals surface area contributed by atoms with Crippen molar-refractivity contribution in [3.63, 3.8) is 0 Å². The van der Waals surface area contributed by atoms with E-state index < -0.39 is 0 Å². The summed E-state index contributed by atoms with van der Waals surface area (Å²) in [6.45, 7) is 6.39. The molecule has 4 nitrogen and oxygen atoms in total. The number of carbonyl (C=O) groups is 1. The van der Waals surface area contributed by atoms with Crippen molar-refractivity contribution in [2.45, 2.75) is 20.1 Å². The second-order valence-corrected chi connectivity index (χ2v) is 9.49. The molecule has 0 radical (unpaired) electrons. The third-order valence-electron chi connectivity index (χ3n) is 5.30. The van der Waals surface area contributed by atoms with Crippen LogP contribution in [0.5, 0.6) is 5.75 Å². The molecule has 0 bridgehead atoms. The second-order valence-electron chi connectivity index (χ2n) is 7.74. The minimum absolute atomic E-state index is 0.0900. The maximum atomic E-state index is 12.9. The quantitative estimate of drug-likeness (QED) is 0.445. The van der Waals surface area contributed by atoms with Gasteiger partial charge in [0.1, 0.15) is 12.4 Å². The molecular weight excluding hydrogens is 451 g/mol. The molecule has 2 aromatic carbocycles. The van der Waals surface area contributed by atoms with Gasteiger partial charge in [-0.25, -0.2) is 0 Å². The highest BCUT2D eigenvalue weighted by Crippen LogP contribution is 2.27. The third-order valence-corrected chi connectivity index (χ3v) is 6.81. The summed E-state index contributed by atoms with van der Waals surface area (Å²) in [5.74, 6) is 0.754. The van der Waals surface area contributed by atoms with E-state index in [1.807, 2.05) is 59.7 Å². The van der Waals surface area contributed by atoms with Crippen molar-refractivity contribution in [1.29, 1.82) is 0 Å². The highest BCUT2D eigenvalue weighted by atomic mass is 35.5. The Hall–Kier alpha value is -2.05. The van der Waals surface area contributed by atoms with Gasteiger partial charge in [-0.3, -0.25) is 9.69 Å². The van der Waals surface area contributed by atoms with E-state index >= 15 is 0 Å². The van der Waals surface area contributed by atoms with Crippen molar-refractivity contribution in [2.75, 3.05) is 26.2 Å². The van der Waals surface area contributed by atoms with Gasteiger partial charge in [0.2, 0.25) is 0 Å². The Kier molecular flexibility index (Phi) is 7.18. The number of ether oxygens (including phenoxy) is 1. The number of aryl methyl sites for hydroxylation is 1. The maximum absolute atomic E-state index is 12.9. The van der Waals surface area contributed by atoms with Gasteiger partial charge < -0.3 is 9.64 Å². The zero-order chi connectivity index (χ0) is 21.8. The summed E-state index contributed by atoms with van der Waals surface area (Å²) in [6.07, 6.45) is 0. The number of benzene rings is 2. The first-order valence-corrected chi connectivity index (χ1v) is 11.8. The first-order chi connectivity index (χ1) is 15.0. The number of hydrogen-bond acceptors (Lipinski definition) is 4. The SMILES string of the molecule is Cc1ccc(Cl)c(OCc2csc(C(=O)N3CCN(Cc4cccc(Cl)c4)CC3)c2)c1. The van der Waals surface area contributed by atoms with Crippen molar-refractivity contribution in [1.82, 2.24) is 9.80 Å². The van der Waals surface area contributed by atoms with Crippen LogP contribution in [0.4, 0.5) is 0 Å². The zero-order valence-corrected chi connectivity index (χ0v) is 19.6. The van der Waals surface area contributed by atoms with E-state index in [-0.39, 0.29) is 5.91 Å². The van der Waals surface area contributed by atoms with Gasteiger partial charge >= 0.3 is 0 Å². The number of thiophene rings is 1. The predicted molar refractivity (Wildman–Crippen MR) is 127 cm³/mol. The number of hydrogen-bond donors (Lipinski definition) is 0. The van der Waals surface area contributed by atoms with E-state index in [4.69, 9.17) is 27.9 Å². The summed E-state index contributed by atoms with van der Waals surface area (Å²) in [7, 11) is 0. The molecule has 0 atom stereocenters. The summed E-state index contributed by atoms with van der Waals surface area (Å²) in [6, 6.07) is 15.6. The van der Waals surface area contributed by atoms with Gasteiger partial charge in [0, 0.05) is 43.3 Å². The average molecular weight is 475 g/mol. The predicted octanol–water partition coefficient (Wildman–Crippen LogP) is 5.90. The minimum atomic E-state index is 0.0900. The normalized spacial score (nSPS) is 14.6. The molecule has 1 amide bonds. The first kappa shape index (κ1) is 22.2. The van der Waals surface area contributed by atoms with E-state index in [2.05, 4.69) is 11.0 Å². The van der Waals surface area contributed by atoms with Gasteiger partial charge in [-0.2, -0.15) is 0 Å². The Balaban J connectivity index is 1.29. The summed E-state index contributed by atoms with van der Waals surface area (Å²) >= 11 is 13.7. The van der Waals surface area contributed by atoms with Crippen molar-refractivity contribution >= 4 is 40.4 Å². The second kappa shape index (κ2) is 10.0. The summed E-state index contributed by atoms with van der Waals surface area (Å²) in [5.41, 5.74) is 3.27. The van der Waals surface area contributed by atoms with Crippen LogP contribution >= 0.6 is 34.5 Å². The van der Waals surface area contributed by atoms with Crippen LogP contribution in [0.15, 0.2) is 53.9 Å². The van der Waals surface area contributed by atoms with Crippen LogP contribution in [0.25, 0.3) is 0 Å². The largest absolute Gasteiger partial charge is 0.487 e. The van der Waals surface area contributed by atoms with Gasteiger partial charge in [-0.05, 0) is 53.8 Å². The van der Waals surface area contributed by atoms with Crippen molar-refractivity contribution < 1.29 is 9.53 Å². The van der Waals surface area contributed by atoms with Gasteiger partial charge in [0.05, 0.1) is 9.90 Å². The number of rotatable bonds is 6. The van der Waals surface area contributed by atoms with Crippen LogP contribution in [0, 0.1) is 6.92 Å². The number of halogens is 2. The minimum Gasteiger partial charge on any atom is -0.487 e. The van der Waals surface area contributed by atoms with Crippen molar-refractivity contribution in [3.05, 3.63) is 85.5 Å². The van der Waals surface area contributed by atoms with Crippen LogP contribution < -0.4 is 4.74 Å². The average Bonchev–Trinajstić information content (AvgIpc) is 3.23. The van der Waals surface area contributed by atoms with Crippen molar-refractivity contribution in [3.8, 4) is 5.75 Å². The third kappa shape index (κ3) is 5.80. The molecule has 1 aliphatic heterocycles. The molecule has 0 aliphatic carbocycles. The Labute approximate surface area is 197 Å². The number of amides is 1. The molecule has 1 saturated heterocycles. The fraction of sp³-hybridized carbons (Fsp3) is 0.292. The monoisotopic (exact) mass is 474 g/mol. The molecular formula is C24H24Cl2N2O2S. The van der Waals surface area contributed by atoms with E-state index in [1.54, 1.807) is 0 Å². The highest BCUT2D eigenvalue weighted by Gasteiger charge is 2.23. The van der Waals surface area contributed by atoms with Gasteiger partial charge in [0.15, 0.2) is 0 Å². The number of piperazine rings is 1. The zero-order valence-electron chi connectivity index (χ0n) is 17.3. The highest BCUT2D eigenvalue weighted by molar-refractivity contribution is 7.12. The molecule has 7 heteroatoms. The van der Waals surface area contributed by atoms with Gasteiger partial charge in [-0.15, -0.1) is 11.3 Å². The Morgan fingerprint density at radius 2 is 1.84 bits per heavy atom. The van der Waals surface area contributed by atoms with Crippen molar-refractivity contribution in [2.24, 2.45) is 0 Å². The van der Waals surface area contributed by atoms with Gasteiger partial charge in [0.25, 0.3) is 5.91 Å². The van der Waals surface area contributed by atoms with E-state index in [1.165, 1.54) is 16.9 Å². The number of nitrogens with zero attached hydrogens (tertiary/aromatic N) is 2. The summed E-state index contributed by atoms with van der Waals surface area (Å²) < 4.78 is 5.86. The lowest BCUT2D eigenvalue weighted by Gasteiger charge is -2.34. The van der Waals surface area contributed by atoms with Crippen LogP contribution in [0.1, 0.15) is 26.4 Å². The van der Waals surface area contributed by atoms with Gasteiger partial charge in [-0.1, -0.05) is 41.4 Å². The molecule has 1 aromatic heterocycles. The smallest absolute Gasteiger partial charge is 0.264 e. The fourth-order valence-electron chi connectivity index (χ4n) is 3.60. The molecule has 1 fully saturated rings. The molecule has 0 N–H and O–H groups in total. The molecule has 3 aromatic rings. The molecule has 2 heterocycles. The van der Waals surface area contributed by atoms with Crippen LogP contribution in [-0.2, 0) is 13.2 Å².